The summed E-state index contributed by atoms with van der Waals surface area (Å²) in [4.78, 5) is 15.3. The standard InChI is InChI=1S/C27H35N5O2S/c1-4-32-26(22-10-8-9-20(2)17-22)29-30-27(32)35-19-25(33)28-18-24(31-15-6-5-7-16-31)21-11-13-23(34-3)14-12-21/h8-14,17,24H,4-7,15-16,18-19H2,1-3H3,(H,28,33). The number of hydrogen-bond donors (Lipinski definition) is 1. The molecule has 2 aromatic carbocycles. The van der Waals surface area contributed by atoms with Crippen LogP contribution in [0.4, 0.5) is 0 Å². The number of carbonyl (C=O) groups excluding carboxylic acids is 1. The van der Waals surface area contributed by atoms with Crippen LogP contribution in [0.2, 0.25) is 0 Å². The number of ether oxygens (including phenoxy) is 1. The minimum atomic E-state index is 0.00767. The van der Waals surface area contributed by atoms with E-state index in [2.05, 4.69) is 63.1 Å². The molecule has 0 radical (unpaired) electrons. The zero-order chi connectivity index (χ0) is 24.6. The molecule has 1 atom stereocenters. The van der Waals surface area contributed by atoms with E-state index in [0.717, 1.165) is 41.9 Å². The molecule has 0 aliphatic carbocycles. The zero-order valence-corrected chi connectivity index (χ0v) is 21.7. The van der Waals surface area contributed by atoms with Crippen molar-refractivity contribution < 1.29 is 9.53 Å². The van der Waals surface area contributed by atoms with Gasteiger partial charge in [0.2, 0.25) is 5.91 Å². The van der Waals surface area contributed by atoms with E-state index in [-0.39, 0.29) is 11.9 Å². The smallest absolute Gasteiger partial charge is 0.230 e. The number of hydrogen-bond acceptors (Lipinski definition) is 6. The molecule has 2 heterocycles. The number of methoxy groups -OCH3 is 1. The summed E-state index contributed by atoms with van der Waals surface area (Å²) >= 11 is 1.43. The Hall–Kier alpha value is -2.84. The summed E-state index contributed by atoms with van der Waals surface area (Å²) in [6.07, 6.45) is 3.68. The summed E-state index contributed by atoms with van der Waals surface area (Å²) in [6.45, 7) is 7.59. The number of benzene rings is 2. The highest BCUT2D eigenvalue weighted by Crippen LogP contribution is 2.27. The Labute approximate surface area is 212 Å². The number of likely N-dealkylation sites (tertiary alicyclic amines) is 1. The van der Waals surface area contributed by atoms with Crippen molar-refractivity contribution in [1.82, 2.24) is 25.0 Å². The molecule has 3 aromatic rings. The average molecular weight is 494 g/mol. The minimum Gasteiger partial charge on any atom is -0.497 e. The normalized spacial score (nSPS) is 15.1. The maximum Gasteiger partial charge on any atom is 0.230 e. The second-order valence-corrected chi connectivity index (χ2v) is 9.84. The molecule has 7 nitrogen and oxygen atoms in total. The number of amides is 1. The van der Waals surface area contributed by atoms with Gasteiger partial charge in [0.05, 0.1) is 18.9 Å². The first-order chi connectivity index (χ1) is 17.1. The predicted molar refractivity (Wildman–Crippen MR) is 141 cm³/mol. The van der Waals surface area contributed by atoms with Gasteiger partial charge in [0.1, 0.15) is 5.75 Å². The predicted octanol–water partition coefficient (Wildman–Crippen LogP) is 4.72. The number of nitrogens with zero attached hydrogens (tertiary/aromatic N) is 4. The van der Waals surface area contributed by atoms with Gasteiger partial charge in [-0.05, 0) is 63.5 Å². The number of rotatable bonds is 10. The number of nitrogens with one attached hydrogen (secondary N) is 1. The molecule has 0 bridgehead atoms. The van der Waals surface area contributed by atoms with E-state index in [0.29, 0.717) is 12.3 Å². The summed E-state index contributed by atoms with van der Waals surface area (Å²) < 4.78 is 7.39. The molecule has 1 fully saturated rings. The topological polar surface area (TPSA) is 72.3 Å². The summed E-state index contributed by atoms with van der Waals surface area (Å²) in [7, 11) is 1.68. The summed E-state index contributed by atoms with van der Waals surface area (Å²) in [5.41, 5.74) is 3.43. The number of aromatic nitrogens is 3. The van der Waals surface area contributed by atoms with Gasteiger partial charge in [-0.3, -0.25) is 9.69 Å². The fraction of sp³-hybridized carbons (Fsp3) is 0.444. The molecular weight excluding hydrogens is 458 g/mol. The van der Waals surface area contributed by atoms with Crippen LogP contribution in [0.15, 0.2) is 53.7 Å². The van der Waals surface area contributed by atoms with Gasteiger partial charge in [0.25, 0.3) is 0 Å². The highest BCUT2D eigenvalue weighted by atomic mass is 32.2. The van der Waals surface area contributed by atoms with Gasteiger partial charge in [-0.2, -0.15) is 0 Å². The molecule has 1 N–H and O–H groups in total. The van der Waals surface area contributed by atoms with Crippen LogP contribution < -0.4 is 10.1 Å². The molecule has 1 aliphatic heterocycles. The van der Waals surface area contributed by atoms with Crippen LogP contribution in [-0.4, -0.2) is 58.1 Å². The van der Waals surface area contributed by atoms with E-state index >= 15 is 0 Å². The molecule has 0 saturated carbocycles. The summed E-state index contributed by atoms with van der Waals surface area (Å²) in [5.74, 6) is 2.00. The summed E-state index contributed by atoms with van der Waals surface area (Å²) in [6, 6.07) is 16.6. The first kappa shape index (κ1) is 25.3. The molecule has 1 unspecified atom stereocenters. The zero-order valence-electron chi connectivity index (χ0n) is 20.9. The third-order valence-corrected chi connectivity index (χ3v) is 7.43. The maximum absolute atomic E-state index is 12.8. The van der Waals surface area contributed by atoms with Crippen LogP contribution in [-0.2, 0) is 11.3 Å². The molecular formula is C27H35N5O2S. The van der Waals surface area contributed by atoms with Gasteiger partial charge in [-0.1, -0.05) is 54.1 Å². The molecule has 1 aliphatic rings. The number of carbonyl (C=O) groups is 1. The second kappa shape index (κ2) is 12.2. The van der Waals surface area contributed by atoms with Crippen LogP contribution in [0.1, 0.15) is 43.4 Å². The first-order valence-electron chi connectivity index (χ1n) is 12.4. The van der Waals surface area contributed by atoms with Gasteiger partial charge in [-0.25, -0.2) is 0 Å². The van der Waals surface area contributed by atoms with Crippen molar-refractivity contribution in [2.24, 2.45) is 0 Å². The van der Waals surface area contributed by atoms with Gasteiger partial charge < -0.3 is 14.6 Å². The van der Waals surface area contributed by atoms with Crippen molar-refractivity contribution >= 4 is 17.7 Å². The maximum atomic E-state index is 12.8. The molecule has 4 rings (SSSR count). The third kappa shape index (κ3) is 6.44. The van der Waals surface area contributed by atoms with Gasteiger partial charge in [-0.15, -0.1) is 10.2 Å². The molecule has 8 heteroatoms. The number of thioether (sulfide) groups is 1. The van der Waals surface area contributed by atoms with E-state index in [1.165, 1.54) is 42.2 Å². The highest BCUT2D eigenvalue weighted by molar-refractivity contribution is 7.99. The highest BCUT2D eigenvalue weighted by Gasteiger charge is 2.23. The van der Waals surface area contributed by atoms with Crippen LogP contribution in [0.3, 0.4) is 0 Å². The fourth-order valence-corrected chi connectivity index (χ4v) is 5.42. The molecule has 1 saturated heterocycles. The number of aryl methyl sites for hydroxylation is 1. The lowest BCUT2D eigenvalue weighted by molar-refractivity contribution is -0.118. The molecule has 1 aromatic heterocycles. The van der Waals surface area contributed by atoms with Crippen LogP contribution in [0, 0.1) is 6.92 Å². The molecule has 0 spiro atoms. The quantitative estimate of drug-likeness (QED) is 0.412. The van der Waals surface area contributed by atoms with E-state index in [1.807, 2.05) is 24.3 Å². The fourth-order valence-electron chi connectivity index (χ4n) is 4.58. The van der Waals surface area contributed by atoms with Crippen molar-refractivity contribution in [1.29, 1.82) is 0 Å². The minimum absolute atomic E-state index is 0.00767. The van der Waals surface area contributed by atoms with E-state index in [9.17, 15) is 4.79 Å². The van der Waals surface area contributed by atoms with Gasteiger partial charge >= 0.3 is 0 Å². The van der Waals surface area contributed by atoms with Crippen LogP contribution >= 0.6 is 11.8 Å². The van der Waals surface area contributed by atoms with Gasteiger partial charge in [0.15, 0.2) is 11.0 Å². The lowest BCUT2D eigenvalue weighted by Crippen LogP contribution is -2.41. The Morgan fingerprint density at radius 1 is 1.11 bits per heavy atom. The lowest BCUT2D eigenvalue weighted by Gasteiger charge is -2.35. The SMILES string of the molecule is CCn1c(SCC(=O)NCC(c2ccc(OC)cc2)N2CCCCC2)nnc1-c1cccc(C)c1. The monoisotopic (exact) mass is 493 g/mol. The lowest BCUT2D eigenvalue weighted by atomic mass is 10.0. The summed E-state index contributed by atoms with van der Waals surface area (Å²) in [5, 5.41) is 12.7. The Kier molecular flexibility index (Phi) is 8.82. The Bertz CT molecular complexity index is 1110. The molecule has 186 valence electrons. The number of piperidine rings is 1. The average Bonchev–Trinajstić information content (AvgIpc) is 3.31. The van der Waals surface area contributed by atoms with Crippen molar-refractivity contribution in [3.05, 3.63) is 59.7 Å². The van der Waals surface area contributed by atoms with Crippen LogP contribution in [0.25, 0.3) is 11.4 Å². The van der Waals surface area contributed by atoms with Crippen LogP contribution in [0.5, 0.6) is 5.75 Å². The van der Waals surface area contributed by atoms with Gasteiger partial charge in [0, 0.05) is 18.7 Å². The van der Waals surface area contributed by atoms with Crippen molar-refractivity contribution in [2.75, 3.05) is 32.5 Å². The first-order valence-corrected chi connectivity index (χ1v) is 13.4. The van der Waals surface area contributed by atoms with Crippen molar-refractivity contribution in [3.63, 3.8) is 0 Å². The Morgan fingerprint density at radius 3 is 2.57 bits per heavy atom. The molecule has 1 amide bonds. The van der Waals surface area contributed by atoms with Crippen molar-refractivity contribution in [3.8, 4) is 17.1 Å². The molecule has 35 heavy (non-hydrogen) atoms. The Balaban J connectivity index is 1.39. The third-order valence-electron chi connectivity index (χ3n) is 6.47. The van der Waals surface area contributed by atoms with E-state index < -0.39 is 0 Å². The largest absolute Gasteiger partial charge is 0.497 e. The van der Waals surface area contributed by atoms with E-state index in [4.69, 9.17) is 4.74 Å². The van der Waals surface area contributed by atoms with E-state index in [1.54, 1.807) is 7.11 Å². The second-order valence-electron chi connectivity index (χ2n) is 8.90. The Morgan fingerprint density at radius 2 is 1.89 bits per heavy atom. The van der Waals surface area contributed by atoms with Crippen molar-refractivity contribution in [2.45, 2.75) is 50.9 Å².